The maximum absolute atomic E-state index is 11.1. The zero-order valence-corrected chi connectivity index (χ0v) is 4.97. The second kappa shape index (κ2) is 1.47. The first-order chi connectivity index (χ1) is 3.88. The zero-order valence-electron chi connectivity index (χ0n) is 4.97. The van der Waals surface area contributed by atoms with Crippen molar-refractivity contribution in [2.24, 2.45) is 11.8 Å². The minimum absolute atomic E-state index is 0.157. The molecule has 0 aromatic heterocycles. The van der Waals surface area contributed by atoms with Gasteiger partial charge in [-0.3, -0.25) is 0 Å². The molecule has 0 aliphatic heterocycles. The molecule has 2 aliphatic rings. The van der Waals surface area contributed by atoms with Gasteiger partial charge in [0, 0.05) is 0 Å². The van der Waals surface area contributed by atoms with Crippen LogP contribution in [0.1, 0.15) is 25.7 Å². The minimum atomic E-state index is -0.157. The standard InChI is InChI=1S/C7H11O/c8-7-5-1-2-6(7)4-3-5/h5-7H,1-4H2. The van der Waals surface area contributed by atoms with Crippen molar-refractivity contribution in [3.63, 3.8) is 0 Å². The molecule has 0 spiro atoms. The van der Waals surface area contributed by atoms with Crippen LogP contribution >= 0.6 is 0 Å². The molecule has 0 heterocycles. The van der Waals surface area contributed by atoms with E-state index < -0.39 is 0 Å². The largest absolute Gasteiger partial charge is 0.233 e. The fraction of sp³-hybridized carbons (Fsp3) is 1.00. The highest BCUT2D eigenvalue weighted by atomic mass is 16.3. The first-order valence-electron chi connectivity index (χ1n) is 3.54. The maximum atomic E-state index is 11.1. The summed E-state index contributed by atoms with van der Waals surface area (Å²) < 4.78 is 0. The number of hydrogen-bond acceptors (Lipinski definition) is 0. The second-order valence-corrected chi connectivity index (χ2v) is 3.14. The molecule has 2 aliphatic carbocycles. The average Bonchev–Trinajstić information content (AvgIpc) is 2.29. The summed E-state index contributed by atoms with van der Waals surface area (Å²) >= 11 is 0. The summed E-state index contributed by atoms with van der Waals surface area (Å²) in [5.74, 6) is 1.17. The number of fused-ring (bicyclic) bond motifs is 2. The van der Waals surface area contributed by atoms with E-state index in [9.17, 15) is 5.11 Å². The van der Waals surface area contributed by atoms with Crippen LogP contribution in [0.2, 0.25) is 0 Å². The van der Waals surface area contributed by atoms with E-state index in [-0.39, 0.29) is 6.10 Å². The van der Waals surface area contributed by atoms with Crippen molar-refractivity contribution < 1.29 is 5.11 Å². The Morgan fingerprint density at radius 1 is 0.875 bits per heavy atom. The van der Waals surface area contributed by atoms with Gasteiger partial charge in [0.05, 0.1) is 6.10 Å². The van der Waals surface area contributed by atoms with E-state index in [1.807, 2.05) is 0 Å². The summed E-state index contributed by atoms with van der Waals surface area (Å²) in [5, 5.41) is 11.1. The van der Waals surface area contributed by atoms with Crippen molar-refractivity contribution in [1.82, 2.24) is 0 Å². The molecule has 2 fully saturated rings. The van der Waals surface area contributed by atoms with Gasteiger partial charge in [0.25, 0.3) is 0 Å². The molecule has 0 aromatic carbocycles. The maximum Gasteiger partial charge on any atom is 0.0986 e. The van der Waals surface area contributed by atoms with Gasteiger partial charge in [-0.15, -0.1) is 0 Å². The van der Waals surface area contributed by atoms with Crippen LogP contribution in [-0.4, -0.2) is 6.10 Å². The monoisotopic (exact) mass is 111 g/mol. The van der Waals surface area contributed by atoms with E-state index in [1.54, 1.807) is 0 Å². The van der Waals surface area contributed by atoms with Crippen LogP contribution in [0.5, 0.6) is 0 Å². The van der Waals surface area contributed by atoms with Crippen molar-refractivity contribution in [2.45, 2.75) is 31.8 Å². The second-order valence-electron chi connectivity index (χ2n) is 3.14. The lowest BCUT2D eigenvalue weighted by atomic mass is 10.0. The van der Waals surface area contributed by atoms with Crippen LogP contribution in [0.3, 0.4) is 0 Å². The van der Waals surface area contributed by atoms with E-state index in [2.05, 4.69) is 0 Å². The van der Waals surface area contributed by atoms with E-state index in [4.69, 9.17) is 0 Å². The Morgan fingerprint density at radius 2 is 1.25 bits per heavy atom. The summed E-state index contributed by atoms with van der Waals surface area (Å²) in [4.78, 5) is 0. The van der Waals surface area contributed by atoms with Crippen LogP contribution < -0.4 is 0 Å². The van der Waals surface area contributed by atoms with Crippen LogP contribution in [0.4, 0.5) is 0 Å². The zero-order chi connectivity index (χ0) is 5.56. The summed E-state index contributed by atoms with van der Waals surface area (Å²) in [6, 6.07) is 0. The molecule has 0 atom stereocenters. The Balaban J connectivity index is 2.16. The van der Waals surface area contributed by atoms with Crippen molar-refractivity contribution in [1.29, 1.82) is 0 Å². The van der Waals surface area contributed by atoms with E-state index >= 15 is 0 Å². The van der Waals surface area contributed by atoms with E-state index in [1.165, 1.54) is 25.7 Å². The van der Waals surface area contributed by atoms with Crippen LogP contribution in [0.15, 0.2) is 0 Å². The predicted molar refractivity (Wildman–Crippen MR) is 29.9 cm³/mol. The lowest BCUT2D eigenvalue weighted by Gasteiger charge is -2.03. The Labute approximate surface area is 49.7 Å². The van der Waals surface area contributed by atoms with Gasteiger partial charge in [0.1, 0.15) is 0 Å². The highest BCUT2D eigenvalue weighted by molar-refractivity contribution is 4.90. The van der Waals surface area contributed by atoms with Gasteiger partial charge >= 0.3 is 0 Å². The molecule has 2 saturated carbocycles. The molecule has 1 heteroatoms. The molecule has 0 saturated heterocycles. The van der Waals surface area contributed by atoms with Gasteiger partial charge in [-0.2, -0.15) is 0 Å². The molecule has 0 aromatic rings. The number of hydrogen-bond donors (Lipinski definition) is 0. The normalized spacial score (nSPS) is 52.9. The van der Waals surface area contributed by atoms with Crippen molar-refractivity contribution >= 4 is 0 Å². The lowest BCUT2D eigenvalue weighted by Crippen LogP contribution is -2.08. The first-order valence-corrected chi connectivity index (χ1v) is 3.54. The lowest BCUT2D eigenvalue weighted by molar-refractivity contribution is 0.0510. The molecule has 2 bridgehead atoms. The fourth-order valence-corrected chi connectivity index (χ4v) is 2.19. The molecule has 1 radical (unpaired) electrons. The van der Waals surface area contributed by atoms with Gasteiger partial charge in [0.2, 0.25) is 0 Å². The third-order valence-electron chi connectivity index (χ3n) is 2.75. The molecular formula is C7H11O. The Bertz CT molecular complexity index is 80.6. The van der Waals surface area contributed by atoms with Crippen LogP contribution in [0, 0.1) is 11.8 Å². The Kier molecular flexibility index (Phi) is 0.884. The summed E-state index contributed by atoms with van der Waals surface area (Å²) in [6.45, 7) is 0. The minimum Gasteiger partial charge on any atom is -0.233 e. The molecule has 0 amide bonds. The Hall–Kier alpha value is -0.0400. The molecule has 0 N–H and O–H groups in total. The SMILES string of the molecule is [O]C1C2CCC1CC2. The average molecular weight is 111 g/mol. The van der Waals surface area contributed by atoms with Crippen molar-refractivity contribution in [2.75, 3.05) is 0 Å². The molecule has 1 nitrogen and oxygen atoms in total. The molecule has 45 valence electrons. The van der Waals surface area contributed by atoms with Gasteiger partial charge in [-0.05, 0) is 37.5 Å². The van der Waals surface area contributed by atoms with Gasteiger partial charge in [-0.25, -0.2) is 5.11 Å². The quantitative estimate of drug-likeness (QED) is 0.452. The van der Waals surface area contributed by atoms with Gasteiger partial charge in [-0.1, -0.05) is 0 Å². The van der Waals surface area contributed by atoms with Gasteiger partial charge in [0.15, 0.2) is 0 Å². The molecule has 0 unspecified atom stereocenters. The first kappa shape index (κ1) is 4.80. The fourth-order valence-electron chi connectivity index (χ4n) is 2.19. The predicted octanol–water partition coefficient (Wildman–Crippen LogP) is 1.61. The summed E-state index contributed by atoms with van der Waals surface area (Å²) in [5.41, 5.74) is 0. The third-order valence-corrected chi connectivity index (χ3v) is 2.75. The smallest absolute Gasteiger partial charge is 0.0986 e. The van der Waals surface area contributed by atoms with E-state index in [0.717, 1.165) is 0 Å². The van der Waals surface area contributed by atoms with Crippen molar-refractivity contribution in [3.8, 4) is 0 Å². The highest BCUT2D eigenvalue weighted by Gasteiger charge is 2.41. The van der Waals surface area contributed by atoms with Crippen LogP contribution in [0.25, 0.3) is 0 Å². The molecule has 2 rings (SSSR count). The van der Waals surface area contributed by atoms with Gasteiger partial charge < -0.3 is 0 Å². The van der Waals surface area contributed by atoms with Crippen molar-refractivity contribution in [3.05, 3.63) is 0 Å². The molecule has 8 heavy (non-hydrogen) atoms. The van der Waals surface area contributed by atoms with E-state index in [0.29, 0.717) is 11.8 Å². The highest BCUT2D eigenvalue weighted by Crippen LogP contribution is 2.44. The number of rotatable bonds is 0. The molecular weight excluding hydrogens is 100 g/mol. The Morgan fingerprint density at radius 3 is 1.38 bits per heavy atom. The third kappa shape index (κ3) is 0.455. The topological polar surface area (TPSA) is 19.9 Å². The summed E-state index contributed by atoms with van der Waals surface area (Å²) in [7, 11) is 0. The summed E-state index contributed by atoms with van der Waals surface area (Å²) in [6.07, 6.45) is 4.78. The van der Waals surface area contributed by atoms with Crippen LogP contribution in [-0.2, 0) is 5.11 Å².